The molecule has 2 aromatic rings. The fourth-order valence-electron chi connectivity index (χ4n) is 6.13. The standard InChI is InChI=1S/C33H48ClO3P/c1-22(2)25-20-29(23(3)4)32(30(21-25)24(5)6)28-18-13-19-31(34)33(28)38(35,36-26-14-9-7-10-15-26)37-27-16-11-8-12-17-27/h13,18-24,26-27H,7-12,14-17H2,1-6H3. The third-order valence-corrected chi connectivity index (χ3v) is 11.0. The van der Waals surface area contributed by atoms with Crippen molar-refractivity contribution in [1.82, 2.24) is 0 Å². The highest BCUT2D eigenvalue weighted by Crippen LogP contribution is 2.56. The molecule has 38 heavy (non-hydrogen) atoms. The number of rotatable bonds is 9. The summed E-state index contributed by atoms with van der Waals surface area (Å²) >= 11 is 7.01. The summed E-state index contributed by atoms with van der Waals surface area (Å²) in [6.07, 6.45) is 10.4. The molecule has 0 atom stereocenters. The first kappa shape index (κ1) is 29.9. The molecule has 2 aromatic carbocycles. The fraction of sp³-hybridized carbons (Fsp3) is 0.636. The van der Waals surface area contributed by atoms with Crippen molar-refractivity contribution < 1.29 is 13.6 Å². The van der Waals surface area contributed by atoms with E-state index in [-0.39, 0.29) is 12.2 Å². The van der Waals surface area contributed by atoms with Crippen LogP contribution in [0.2, 0.25) is 5.02 Å². The van der Waals surface area contributed by atoms with E-state index in [2.05, 4.69) is 59.7 Å². The SMILES string of the molecule is CC(C)c1cc(C(C)C)c(-c2cccc(Cl)c2P(=O)(OC2CCCCC2)OC2CCCCC2)c(C(C)C)c1. The molecule has 0 spiro atoms. The first-order valence-electron chi connectivity index (χ1n) is 15.0. The molecule has 5 heteroatoms. The van der Waals surface area contributed by atoms with Crippen molar-refractivity contribution in [2.24, 2.45) is 0 Å². The smallest absolute Gasteiger partial charge is 0.302 e. The zero-order valence-corrected chi connectivity index (χ0v) is 26.0. The van der Waals surface area contributed by atoms with Crippen LogP contribution in [0, 0.1) is 0 Å². The molecule has 0 heterocycles. The lowest BCUT2D eigenvalue weighted by Gasteiger charge is -2.33. The molecule has 4 rings (SSSR count). The van der Waals surface area contributed by atoms with E-state index < -0.39 is 7.60 Å². The second kappa shape index (κ2) is 13.0. The molecule has 0 saturated heterocycles. The predicted molar refractivity (Wildman–Crippen MR) is 162 cm³/mol. The van der Waals surface area contributed by atoms with E-state index in [1.165, 1.54) is 29.5 Å². The third-order valence-electron chi connectivity index (χ3n) is 8.34. The molecule has 0 radical (unpaired) electrons. The monoisotopic (exact) mass is 558 g/mol. The van der Waals surface area contributed by atoms with E-state index >= 15 is 4.57 Å². The molecule has 210 valence electrons. The number of benzene rings is 2. The van der Waals surface area contributed by atoms with Crippen LogP contribution in [-0.2, 0) is 13.6 Å². The maximum atomic E-state index is 15.2. The molecule has 2 saturated carbocycles. The zero-order valence-electron chi connectivity index (χ0n) is 24.4. The van der Waals surface area contributed by atoms with Gasteiger partial charge in [0.05, 0.1) is 22.5 Å². The molecule has 0 bridgehead atoms. The summed E-state index contributed by atoms with van der Waals surface area (Å²) in [4.78, 5) is 0. The Balaban J connectivity index is 1.93. The Morgan fingerprint density at radius 2 is 1.21 bits per heavy atom. The highest BCUT2D eigenvalue weighted by atomic mass is 35.5. The summed E-state index contributed by atoms with van der Waals surface area (Å²) in [6, 6.07) is 10.6. The molecular formula is C33H48ClO3P. The molecule has 2 fully saturated rings. The van der Waals surface area contributed by atoms with Gasteiger partial charge in [0.1, 0.15) is 0 Å². The second-order valence-corrected chi connectivity index (χ2v) is 14.7. The lowest BCUT2D eigenvalue weighted by atomic mass is 9.82. The van der Waals surface area contributed by atoms with Gasteiger partial charge in [0.25, 0.3) is 0 Å². The molecule has 0 unspecified atom stereocenters. The van der Waals surface area contributed by atoms with Crippen LogP contribution in [0.15, 0.2) is 30.3 Å². The van der Waals surface area contributed by atoms with Gasteiger partial charge in [-0.2, -0.15) is 0 Å². The fourth-order valence-corrected chi connectivity index (χ4v) is 8.90. The average Bonchev–Trinajstić information content (AvgIpc) is 2.88. The van der Waals surface area contributed by atoms with Crippen molar-refractivity contribution in [3.8, 4) is 11.1 Å². The summed E-state index contributed by atoms with van der Waals surface area (Å²) in [7, 11) is -3.71. The van der Waals surface area contributed by atoms with Crippen molar-refractivity contribution in [3.63, 3.8) is 0 Å². The predicted octanol–water partition coefficient (Wildman–Crippen LogP) is 10.9. The Labute approximate surface area is 236 Å². The van der Waals surface area contributed by atoms with Gasteiger partial charge in [0, 0.05) is 0 Å². The Morgan fingerprint density at radius 3 is 1.63 bits per heavy atom. The van der Waals surface area contributed by atoms with E-state index in [0.29, 0.717) is 28.1 Å². The second-order valence-electron chi connectivity index (χ2n) is 12.4. The first-order chi connectivity index (χ1) is 18.1. The van der Waals surface area contributed by atoms with Crippen LogP contribution >= 0.6 is 19.2 Å². The van der Waals surface area contributed by atoms with Gasteiger partial charge in [-0.05, 0) is 77.3 Å². The molecule has 2 aliphatic carbocycles. The topological polar surface area (TPSA) is 35.5 Å². The van der Waals surface area contributed by atoms with Crippen LogP contribution < -0.4 is 5.30 Å². The largest absolute Gasteiger partial charge is 0.364 e. The molecular weight excluding hydrogens is 511 g/mol. The van der Waals surface area contributed by atoms with E-state index in [1.54, 1.807) is 0 Å². The van der Waals surface area contributed by atoms with Gasteiger partial charge in [-0.15, -0.1) is 0 Å². The van der Waals surface area contributed by atoms with Gasteiger partial charge in [-0.1, -0.05) is 116 Å². The first-order valence-corrected chi connectivity index (χ1v) is 17.0. The minimum Gasteiger partial charge on any atom is -0.302 e. The number of hydrogen-bond donors (Lipinski definition) is 0. The van der Waals surface area contributed by atoms with Crippen molar-refractivity contribution >= 4 is 24.5 Å². The quantitative estimate of drug-likeness (QED) is 0.287. The minimum atomic E-state index is -3.71. The molecule has 2 aliphatic rings. The molecule has 3 nitrogen and oxygen atoms in total. The lowest BCUT2D eigenvalue weighted by molar-refractivity contribution is 0.0846. The average molecular weight is 559 g/mol. The van der Waals surface area contributed by atoms with Gasteiger partial charge in [-0.3, -0.25) is 4.57 Å². The summed E-state index contributed by atoms with van der Waals surface area (Å²) in [5.74, 6) is 1.02. The van der Waals surface area contributed by atoms with E-state index in [4.69, 9.17) is 20.6 Å². The van der Waals surface area contributed by atoms with E-state index in [0.717, 1.165) is 62.5 Å². The maximum Gasteiger partial charge on any atom is 0.364 e. The van der Waals surface area contributed by atoms with Gasteiger partial charge >= 0.3 is 7.60 Å². The molecule has 0 amide bonds. The van der Waals surface area contributed by atoms with Gasteiger partial charge < -0.3 is 9.05 Å². The maximum absolute atomic E-state index is 15.2. The number of hydrogen-bond acceptors (Lipinski definition) is 3. The Bertz CT molecular complexity index is 1070. The Morgan fingerprint density at radius 1 is 0.737 bits per heavy atom. The number of halogens is 1. The van der Waals surface area contributed by atoms with Crippen LogP contribution in [0.1, 0.15) is 140 Å². The van der Waals surface area contributed by atoms with Crippen molar-refractivity contribution in [2.45, 2.75) is 136 Å². The summed E-state index contributed by atoms with van der Waals surface area (Å²) in [5.41, 5.74) is 5.94. The summed E-state index contributed by atoms with van der Waals surface area (Å²) in [5, 5.41) is 1.05. The van der Waals surface area contributed by atoms with Gasteiger partial charge in [0.15, 0.2) is 0 Å². The highest BCUT2D eigenvalue weighted by molar-refractivity contribution is 7.62. The Kier molecular flexibility index (Phi) is 10.2. The van der Waals surface area contributed by atoms with E-state index in [9.17, 15) is 0 Å². The summed E-state index contributed by atoms with van der Waals surface area (Å²) < 4.78 is 28.4. The summed E-state index contributed by atoms with van der Waals surface area (Å²) in [6.45, 7) is 13.5. The van der Waals surface area contributed by atoms with Gasteiger partial charge in [-0.25, -0.2) is 0 Å². The van der Waals surface area contributed by atoms with Crippen LogP contribution in [0.25, 0.3) is 11.1 Å². The van der Waals surface area contributed by atoms with Crippen molar-refractivity contribution in [1.29, 1.82) is 0 Å². The van der Waals surface area contributed by atoms with E-state index in [1.807, 2.05) is 12.1 Å². The zero-order chi connectivity index (χ0) is 27.4. The normalized spacial score (nSPS) is 18.2. The van der Waals surface area contributed by atoms with Gasteiger partial charge in [0.2, 0.25) is 0 Å². The van der Waals surface area contributed by atoms with Crippen LogP contribution in [0.4, 0.5) is 0 Å². The highest BCUT2D eigenvalue weighted by Gasteiger charge is 2.40. The van der Waals surface area contributed by atoms with Crippen molar-refractivity contribution in [3.05, 3.63) is 52.0 Å². The van der Waals surface area contributed by atoms with Crippen LogP contribution in [0.5, 0.6) is 0 Å². The third kappa shape index (κ3) is 6.77. The molecule has 0 aliphatic heterocycles. The van der Waals surface area contributed by atoms with Crippen molar-refractivity contribution in [2.75, 3.05) is 0 Å². The molecule has 0 aromatic heterocycles. The Hall–Kier alpha value is -1.12. The lowest BCUT2D eigenvalue weighted by Crippen LogP contribution is -2.26. The van der Waals surface area contributed by atoms with Crippen LogP contribution in [0.3, 0.4) is 0 Å². The molecule has 0 N–H and O–H groups in total. The van der Waals surface area contributed by atoms with Crippen LogP contribution in [-0.4, -0.2) is 12.2 Å². The minimum absolute atomic E-state index is 0.0558.